The third-order valence-electron chi connectivity index (χ3n) is 4.52. The quantitative estimate of drug-likeness (QED) is 0.585. The Labute approximate surface area is 167 Å². The van der Waals surface area contributed by atoms with Crippen LogP contribution in [0.15, 0.2) is 54.6 Å². The first-order valence-electron chi connectivity index (χ1n) is 9.01. The first-order valence-corrected chi connectivity index (χ1v) is 9.01. The van der Waals surface area contributed by atoms with Gasteiger partial charge in [0.2, 0.25) is 0 Å². The van der Waals surface area contributed by atoms with E-state index in [1.807, 2.05) is 0 Å². The minimum atomic E-state index is -2.25. The molecule has 0 spiro atoms. The fourth-order valence-electron chi connectivity index (χ4n) is 3.15. The molecule has 0 saturated heterocycles. The number of fused-ring (bicyclic) bond motifs is 1. The highest BCUT2D eigenvalue weighted by Crippen LogP contribution is 2.42. The van der Waals surface area contributed by atoms with Gasteiger partial charge in [0, 0.05) is 12.6 Å². The predicted molar refractivity (Wildman–Crippen MR) is 103 cm³/mol. The highest BCUT2D eigenvalue weighted by Gasteiger charge is 2.59. The monoisotopic (exact) mass is 396 g/mol. The van der Waals surface area contributed by atoms with Crippen molar-refractivity contribution in [3.63, 3.8) is 0 Å². The van der Waals surface area contributed by atoms with E-state index in [4.69, 9.17) is 9.47 Å². The lowest BCUT2D eigenvalue weighted by molar-refractivity contribution is -0.155. The predicted octanol–water partition coefficient (Wildman–Crippen LogP) is 1.39. The van der Waals surface area contributed by atoms with Gasteiger partial charge in [-0.15, -0.1) is 0 Å². The molecule has 1 N–H and O–H groups in total. The number of benzene rings is 2. The van der Waals surface area contributed by atoms with Gasteiger partial charge in [0.1, 0.15) is 6.54 Å². The molecule has 1 aliphatic heterocycles. The van der Waals surface area contributed by atoms with Crippen molar-refractivity contribution in [3.8, 4) is 0 Å². The minimum absolute atomic E-state index is 0.146. The number of carbonyl (C=O) groups excluding carboxylic acids is 4. The average Bonchev–Trinajstić information content (AvgIpc) is 2.95. The second-order valence-electron chi connectivity index (χ2n) is 6.31. The molecule has 1 unspecified atom stereocenters. The van der Waals surface area contributed by atoms with E-state index in [2.05, 4.69) is 5.32 Å². The van der Waals surface area contributed by atoms with Crippen LogP contribution in [0.4, 0.5) is 5.69 Å². The summed E-state index contributed by atoms with van der Waals surface area (Å²) in [6, 6.07) is 14.6. The summed E-state index contributed by atoms with van der Waals surface area (Å²) >= 11 is 0. The van der Waals surface area contributed by atoms with E-state index in [0.717, 1.165) is 0 Å². The zero-order valence-corrected chi connectivity index (χ0v) is 16.0. The van der Waals surface area contributed by atoms with Crippen LogP contribution >= 0.6 is 0 Å². The number of ether oxygens (including phenoxy) is 2. The first-order chi connectivity index (χ1) is 13.9. The second-order valence-corrected chi connectivity index (χ2v) is 6.31. The van der Waals surface area contributed by atoms with E-state index < -0.39 is 35.9 Å². The summed E-state index contributed by atoms with van der Waals surface area (Å²) in [7, 11) is 1.48. The number of nitrogens with one attached hydrogen (secondary N) is 1. The normalized spacial score (nSPS) is 17.4. The van der Waals surface area contributed by atoms with Gasteiger partial charge in [0.25, 0.3) is 17.4 Å². The van der Waals surface area contributed by atoms with Gasteiger partial charge in [0.05, 0.1) is 17.9 Å². The van der Waals surface area contributed by atoms with Gasteiger partial charge < -0.3 is 19.7 Å². The summed E-state index contributed by atoms with van der Waals surface area (Å²) in [5, 5.41) is 2.36. The summed E-state index contributed by atoms with van der Waals surface area (Å²) in [5.41, 5.74) is -1.40. The fourth-order valence-corrected chi connectivity index (χ4v) is 3.15. The van der Waals surface area contributed by atoms with E-state index in [-0.39, 0.29) is 17.7 Å². The number of hydrogen-bond donors (Lipinski definition) is 1. The van der Waals surface area contributed by atoms with Crippen LogP contribution in [-0.2, 0) is 29.5 Å². The summed E-state index contributed by atoms with van der Waals surface area (Å²) in [4.78, 5) is 51.9. The van der Waals surface area contributed by atoms with Gasteiger partial charge in [-0.1, -0.05) is 36.4 Å². The van der Waals surface area contributed by atoms with Gasteiger partial charge in [-0.25, -0.2) is 4.79 Å². The Hall–Kier alpha value is -3.68. The molecule has 2 amide bonds. The molecule has 0 aliphatic carbocycles. The van der Waals surface area contributed by atoms with Gasteiger partial charge in [-0.05, 0) is 25.1 Å². The third kappa shape index (κ3) is 3.56. The molecule has 1 heterocycles. The SMILES string of the molecule is CCOC(=O)CNC(=O)C1(OC(=O)c2ccccc2)C(=O)N(C)c2ccccc21. The Kier molecular flexibility index (Phi) is 5.63. The number of esters is 2. The molecule has 2 aromatic carbocycles. The highest BCUT2D eigenvalue weighted by atomic mass is 16.6. The van der Waals surface area contributed by atoms with Gasteiger partial charge >= 0.3 is 11.9 Å². The van der Waals surface area contributed by atoms with Crippen LogP contribution in [0.1, 0.15) is 22.8 Å². The Balaban J connectivity index is 2.00. The maximum atomic E-state index is 13.1. The Morgan fingerprint density at radius 2 is 1.69 bits per heavy atom. The van der Waals surface area contributed by atoms with Crippen molar-refractivity contribution in [2.24, 2.45) is 0 Å². The maximum absolute atomic E-state index is 13.1. The molecule has 29 heavy (non-hydrogen) atoms. The molecule has 0 bridgehead atoms. The molecule has 0 radical (unpaired) electrons. The molecule has 1 atom stereocenters. The molecular weight excluding hydrogens is 376 g/mol. The number of rotatable bonds is 6. The molecule has 0 fully saturated rings. The molecule has 2 aromatic rings. The smallest absolute Gasteiger partial charge is 0.340 e. The third-order valence-corrected chi connectivity index (χ3v) is 4.52. The summed E-state index contributed by atoms with van der Waals surface area (Å²) < 4.78 is 10.4. The summed E-state index contributed by atoms with van der Waals surface area (Å²) in [6.07, 6.45) is 0. The van der Waals surface area contributed by atoms with Crippen molar-refractivity contribution in [2.75, 3.05) is 25.1 Å². The topological polar surface area (TPSA) is 102 Å². The molecular formula is C21H20N2O6. The summed E-state index contributed by atoms with van der Waals surface area (Å²) in [6.45, 7) is 1.32. The second kappa shape index (κ2) is 8.14. The standard InChI is InChI=1S/C21H20N2O6/c1-3-28-17(24)13-22-19(26)21(29-18(25)14-9-5-4-6-10-14)15-11-7-8-12-16(15)23(2)20(21)27/h4-12H,3,13H2,1-2H3,(H,22,26). The lowest BCUT2D eigenvalue weighted by Gasteiger charge is -2.27. The van der Waals surface area contributed by atoms with E-state index in [9.17, 15) is 19.2 Å². The lowest BCUT2D eigenvalue weighted by Crippen LogP contribution is -2.54. The Morgan fingerprint density at radius 3 is 2.38 bits per heavy atom. The van der Waals surface area contributed by atoms with Gasteiger partial charge in [0.15, 0.2) is 0 Å². The average molecular weight is 396 g/mol. The van der Waals surface area contributed by atoms with Crippen LogP contribution in [0.3, 0.4) is 0 Å². The lowest BCUT2D eigenvalue weighted by atomic mass is 9.93. The van der Waals surface area contributed by atoms with Crippen molar-refractivity contribution in [2.45, 2.75) is 12.5 Å². The van der Waals surface area contributed by atoms with Crippen molar-refractivity contribution in [1.82, 2.24) is 5.32 Å². The highest BCUT2D eigenvalue weighted by molar-refractivity contribution is 6.21. The van der Waals surface area contributed by atoms with Gasteiger partial charge in [-0.2, -0.15) is 0 Å². The minimum Gasteiger partial charge on any atom is -0.465 e. The summed E-state index contributed by atoms with van der Waals surface area (Å²) in [5.74, 6) is -3.16. The largest absolute Gasteiger partial charge is 0.465 e. The van der Waals surface area contributed by atoms with Crippen LogP contribution in [0.2, 0.25) is 0 Å². The van der Waals surface area contributed by atoms with Crippen molar-refractivity contribution in [3.05, 3.63) is 65.7 Å². The molecule has 3 rings (SSSR count). The molecule has 0 aromatic heterocycles. The van der Waals surface area contributed by atoms with E-state index in [1.54, 1.807) is 49.4 Å². The number of carbonyl (C=O) groups is 4. The van der Waals surface area contributed by atoms with Crippen LogP contribution in [0, 0.1) is 0 Å². The number of nitrogens with zero attached hydrogens (tertiary/aromatic N) is 1. The van der Waals surface area contributed by atoms with E-state index in [1.165, 1.54) is 24.1 Å². The fraction of sp³-hybridized carbons (Fsp3) is 0.238. The number of para-hydroxylation sites is 1. The Bertz CT molecular complexity index is 959. The van der Waals surface area contributed by atoms with Crippen LogP contribution in [-0.4, -0.2) is 44.0 Å². The van der Waals surface area contributed by atoms with E-state index >= 15 is 0 Å². The van der Waals surface area contributed by atoms with Crippen molar-refractivity contribution < 1.29 is 28.7 Å². The molecule has 1 aliphatic rings. The van der Waals surface area contributed by atoms with Crippen molar-refractivity contribution in [1.29, 1.82) is 0 Å². The van der Waals surface area contributed by atoms with Crippen LogP contribution in [0.5, 0.6) is 0 Å². The molecule has 8 heteroatoms. The maximum Gasteiger partial charge on any atom is 0.340 e. The number of hydrogen-bond acceptors (Lipinski definition) is 6. The number of anilines is 1. The van der Waals surface area contributed by atoms with Crippen LogP contribution in [0.25, 0.3) is 0 Å². The molecule has 8 nitrogen and oxygen atoms in total. The molecule has 150 valence electrons. The zero-order valence-electron chi connectivity index (χ0n) is 16.0. The first kappa shape index (κ1) is 20.1. The van der Waals surface area contributed by atoms with E-state index in [0.29, 0.717) is 5.69 Å². The van der Waals surface area contributed by atoms with Crippen molar-refractivity contribution >= 4 is 29.4 Å². The molecule has 0 saturated carbocycles. The zero-order chi connectivity index (χ0) is 21.0. The Morgan fingerprint density at radius 1 is 1.03 bits per heavy atom. The number of amides is 2. The number of likely N-dealkylation sites (N-methyl/N-ethyl adjacent to an activating group) is 1. The van der Waals surface area contributed by atoms with Gasteiger partial charge in [-0.3, -0.25) is 14.4 Å². The van der Waals surface area contributed by atoms with Crippen LogP contribution < -0.4 is 10.2 Å².